The Kier molecular flexibility index (Phi) is 5.52. The van der Waals surface area contributed by atoms with E-state index in [4.69, 9.17) is 4.52 Å². The van der Waals surface area contributed by atoms with Gasteiger partial charge < -0.3 is 14.3 Å². The number of hydrogen-bond donors (Lipinski definition) is 0. The third-order valence-corrected chi connectivity index (χ3v) is 5.37. The number of nitrogens with zero attached hydrogens (tertiary/aromatic N) is 7. The molecule has 0 unspecified atom stereocenters. The van der Waals surface area contributed by atoms with Crippen molar-refractivity contribution in [1.29, 1.82) is 0 Å². The predicted octanol–water partition coefficient (Wildman–Crippen LogP) is 2.30. The van der Waals surface area contributed by atoms with Crippen molar-refractivity contribution in [2.45, 2.75) is 45.6 Å². The number of hydrogen-bond acceptors (Lipinski definition) is 8. The first-order valence-electron chi connectivity index (χ1n) is 10.1. The van der Waals surface area contributed by atoms with Crippen LogP contribution in [-0.4, -0.2) is 64.3 Å². The average molecular weight is 371 g/mol. The van der Waals surface area contributed by atoms with Crippen LogP contribution in [0.3, 0.4) is 0 Å². The summed E-state index contributed by atoms with van der Waals surface area (Å²) in [6.07, 6.45) is 5.55. The molecular weight excluding hydrogens is 342 g/mol. The fraction of sp³-hybridized carbons (Fsp3) is 0.684. The van der Waals surface area contributed by atoms with E-state index in [9.17, 15) is 0 Å². The molecule has 0 radical (unpaired) electrons. The molecule has 2 fully saturated rings. The van der Waals surface area contributed by atoms with Crippen LogP contribution in [0.2, 0.25) is 0 Å². The fourth-order valence-electron chi connectivity index (χ4n) is 3.70. The molecule has 0 saturated carbocycles. The second-order valence-electron chi connectivity index (χ2n) is 7.75. The van der Waals surface area contributed by atoms with E-state index >= 15 is 0 Å². The summed E-state index contributed by atoms with van der Waals surface area (Å²) < 4.78 is 5.38. The van der Waals surface area contributed by atoms with Crippen molar-refractivity contribution in [2.24, 2.45) is 0 Å². The summed E-state index contributed by atoms with van der Waals surface area (Å²) >= 11 is 0. The Labute approximate surface area is 160 Å². The quantitative estimate of drug-likeness (QED) is 0.793. The van der Waals surface area contributed by atoms with E-state index in [-0.39, 0.29) is 0 Å². The Hall–Kier alpha value is -2.22. The minimum atomic E-state index is 0.297. The maximum Gasteiger partial charge on any atom is 0.240 e. The monoisotopic (exact) mass is 371 g/mol. The zero-order valence-corrected chi connectivity index (χ0v) is 16.3. The van der Waals surface area contributed by atoms with Crippen LogP contribution in [0.15, 0.2) is 16.9 Å². The second-order valence-corrected chi connectivity index (χ2v) is 7.75. The van der Waals surface area contributed by atoms with Crippen molar-refractivity contribution in [1.82, 2.24) is 25.0 Å². The topological polar surface area (TPSA) is 74.4 Å². The minimum absolute atomic E-state index is 0.297. The van der Waals surface area contributed by atoms with Crippen molar-refractivity contribution < 1.29 is 4.52 Å². The summed E-state index contributed by atoms with van der Waals surface area (Å²) in [5, 5.41) is 4.05. The molecule has 8 heteroatoms. The minimum Gasteiger partial charge on any atom is -0.356 e. The van der Waals surface area contributed by atoms with Crippen LogP contribution in [0.25, 0.3) is 0 Å². The number of piperidine rings is 1. The smallest absolute Gasteiger partial charge is 0.240 e. The highest BCUT2D eigenvalue weighted by molar-refractivity contribution is 5.50. The van der Waals surface area contributed by atoms with Gasteiger partial charge in [-0.15, -0.1) is 0 Å². The molecule has 8 nitrogen and oxygen atoms in total. The number of aromatic nitrogens is 4. The summed E-state index contributed by atoms with van der Waals surface area (Å²) in [5.41, 5.74) is 0. The SMILES string of the molecule is CC(C)c1noc(CN2CCN(c3cc(N4CCCCC4)ncn3)CC2)n1. The summed E-state index contributed by atoms with van der Waals surface area (Å²) in [4.78, 5) is 20.6. The molecule has 0 aromatic carbocycles. The lowest BCUT2D eigenvalue weighted by Crippen LogP contribution is -2.46. The van der Waals surface area contributed by atoms with Crippen molar-refractivity contribution in [3.8, 4) is 0 Å². The molecule has 2 aliphatic heterocycles. The van der Waals surface area contributed by atoms with Crippen molar-refractivity contribution in [3.63, 3.8) is 0 Å². The first-order chi connectivity index (χ1) is 13.2. The first-order valence-corrected chi connectivity index (χ1v) is 10.1. The van der Waals surface area contributed by atoms with Gasteiger partial charge in [0.25, 0.3) is 0 Å². The summed E-state index contributed by atoms with van der Waals surface area (Å²) in [6.45, 7) is 10.9. The Bertz CT molecular complexity index is 733. The molecule has 146 valence electrons. The Morgan fingerprint density at radius 2 is 1.59 bits per heavy atom. The maximum atomic E-state index is 5.38. The van der Waals surface area contributed by atoms with Crippen molar-refractivity contribution in [3.05, 3.63) is 24.1 Å². The van der Waals surface area contributed by atoms with E-state index in [0.717, 1.165) is 63.3 Å². The highest BCUT2D eigenvalue weighted by atomic mass is 16.5. The van der Waals surface area contributed by atoms with Gasteiger partial charge in [0.2, 0.25) is 5.89 Å². The molecule has 27 heavy (non-hydrogen) atoms. The normalized spacial score (nSPS) is 19.1. The zero-order valence-electron chi connectivity index (χ0n) is 16.3. The lowest BCUT2D eigenvalue weighted by molar-refractivity contribution is 0.215. The standard InChI is InChI=1S/C19H29N7O/c1-15(2)19-22-18(27-23-19)13-24-8-10-26(11-9-24)17-12-16(20-14-21-17)25-6-4-3-5-7-25/h12,14-15H,3-11,13H2,1-2H3. The predicted molar refractivity (Wildman–Crippen MR) is 104 cm³/mol. The highest BCUT2D eigenvalue weighted by Crippen LogP contribution is 2.22. The van der Waals surface area contributed by atoms with Gasteiger partial charge in [0.1, 0.15) is 18.0 Å². The third-order valence-electron chi connectivity index (χ3n) is 5.37. The molecule has 0 amide bonds. The Balaban J connectivity index is 1.33. The Morgan fingerprint density at radius 1 is 0.926 bits per heavy atom. The molecule has 2 aromatic rings. The molecule has 0 bridgehead atoms. The van der Waals surface area contributed by atoms with E-state index < -0.39 is 0 Å². The van der Waals surface area contributed by atoms with Crippen LogP contribution in [0.1, 0.15) is 50.7 Å². The largest absolute Gasteiger partial charge is 0.356 e. The second kappa shape index (κ2) is 8.21. The van der Waals surface area contributed by atoms with E-state index in [1.165, 1.54) is 19.3 Å². The van der Waals surface area contributed by atoms with Crippen LogP contribution in [0.5, 0.6) is 0 Å². The summed E-state index contributed by atoms with van der Waals surface area (Å²) in [7, 11) is 0. The molecule has 0 spiro atoms. The van der Waals surface area contributed by atoms with Gasteiger partial charge in [-0.1, -0.05) is 19.0 Å². The van der Waals surface area contributed by atoms with Crippen LogP contribution >= 0.6 is 0 Å². The summed E-state index contributed by atoms with van der Waals surface area (Å²) in [6, 6.07) is 2.15. The van der Waals surface area contributed by atoms with Gasteiger partial charge in [0.05, 0.1) is 6.54 Å². The molecule has 0 atom stereocenters. The van der Waals surface area contributed by atoms with Crippen LogP contribution in [0.4, 0.5) is 11.6 Å². The van der Waals surface area contributed by atoms with Crippen molar-refractivity contribution in [2.75, 3.05) is 49.1 Å². The fourth-order valence-corrected chi connectivity index (χ4v) is 3.70. The van der Waals surface area contributed by atoms with E-state index in [2.05, 4.69) is 54.7 Å². The zero-order chi connectivity index (χ0) is 18.6. The van der Waals surface area contributed by atoms with Gasteiger partial charge in [0, 0.05) is 51.3 Å². The molecule has 4 rings (SSSR count). The summed E-state index contributed by atoms with van der Waals surface area (Å²) in [5.74, 6) is 3.89. The number of rotatable bonds is 5. The van der Waals surface area contributed by atoms with Gasteiger partial charge in [-0.05, 0) is 19.3 Å². The van der Waals surface area contributed by atoms with Crippen LogP contribution < -0.4 is 9.80 Å². The molecular formula is C19H29N7O. The maximum absolute atomic E-state index is 5.38. The molecule has 2 aromatic heterocycles. The van der Waals surface area contributed by atoms with E-state index in [1.807, 2.05) is 0 Å². The van der Waals surface area contributed by atoms with Gasteiger partial charge >= 0.3 is 0 Å². The molecule has 0 N–H and O–H groups in total. The molecule has 4 heterocycles. The lowest BCUT2D eigenvalue weighted by atomic mass is 10.1. The molecule has 0 aliphatic carbocycles. The van der Waals surface area contributed by atoms with Gasteiger partial charge in [0.15, 0.2) is 5.82 Å². The van der Waals surface area contributed by atoms with E-state index in [0.29, 0.717) is 11.8 Å². The van der Waals surface area contributed by atoms with Gasteiger partial charge in [-0.2, -0.15) is 4.98 Å². The highest BCUT2D eigenvalue weighted by Gasteiger charge is 2.22. The number of piperazine rings is 1. The first kappa shape index (κ1) is 18.2. The van der Waals surface area contributed by atoms with E-state index in [1.54, 1.807) is 6.33 Å². The number of anilines is 2. The van der Waals surface area contributed by atoms with Gasteiger partial charge in [-0.3, -0.25) is 4.90 Å². The molecule has 2 aliphatic rings. The van der Waals surface area contributed by atoms with Gasteiger partial charge in [-0.25, -0.2) is 9.97 Å². The lowest BCUT2D eigenvalue weighted by Gasteiger charge is -2.35. The van der Waals surface area contributed by atoms with Crippen molar-refractivity contribution >= 4 is 11.6 Å². The van der Waals surface area contributed by atoms with Crippen LogP contribution in [-0.2, 0) is 6.54 Å². The Morgan fingerprint density at radius 3 is 2.22 bits per heavy atom. The van der Waals surface area contributed by atoms with Crippen LogP contribution in [0, 0.1) is 0 Å². The average Bonchev–Trinajstić information content (AvgIpc) is 3.18. The third kappa shape index (κ3) is 4.37. The molecule has 2 saturated heterocycles.